The van der Waals surface area contributed by atoms with Gasteiger partial charge in [-0.1, -0.05) is 30.3 Å². The van der Waals surface area contributed by atoms with Crippen LogP contribution in [-0.4, -0.2) is 41.7 Å². The summed E-state index contributed by atoms with van der Waals surface area (Å²) in [5, 5.41) is 3.06. The zero-order chi connectivity index (χ0) is 15.1. The Balaban J connectivity index is 1.73. The van der Waals surface area contributed by atoms with Crippen molar-refractivity contribution < 1.29 is 9.59 Å². The molecule has 2 amide bonds. The second kappa shape index (κ2) is 8.03. The number of likely N-dealkylation sites (tertiary alicyclic amines) is 1. The molecule has 21 heavy (non-hydrogen) atoms. The van der Waals surface area contributed by atoms with Gasteiger partial charge in [0.05, 0.1) is 6.42 Å². The number of benzene rings is 1. The molecular formula is C16H21ClN2O2. The summed E-state index contributed by atoms with van der Waals surface area (Å²) in [6, 6.07) is 9.88. The highest BCUT2D eigenvalue weighted by atomic mass is 35.5. The Kier molecular flexibility index (Phi) is 6.05. The first-order valence-electron chi connectivity index (χ1n) is 7.36. The fourth-order valence-electron chi connectivity index (χ4n) is 2.57. The molecule has 1 saturated heterocycles. The number of halogens is 1. The molecule has 1 aliphatic rings. The van der Waals surface area contributed by atoms with Crippen LogP contribution in [0.15, 0.2) is 30.3 Å². The average Bonchev–Trinajstić information content (AvgIpc) is 2.49. The number of nitrogens with one attached hydrogen (secondary N) is 1. The van der Waals surface area contributed by atoms with Crippen LogP contribution < -0.4 is 5.32 Å². The molecule has 0 atom stereocenters. The summed E-state index contributed by atoms with van der Waals surface area (Å²) >= 11 is 5.59. The number of carbonyl (C=O) groups excluding carboxylic acids is 2. The van der Waals surface area contributed by atoms with Gasteiger partial charge in [0.2, 0.25) is 11.8 Å². The molecule has 1 aromatic rings. The van der Waals surface area contributed by atoms with E-state index >= 15 is 0 Å². The van der Waals surface area contributed by atoms with E-state index in [4.69, 9.17) is 11.6 Å². The molecule has 2 rings (SSSR count). The molecule has 0 unspecified atom stereocenters. The third-order valence-electron chi connectivity index (χ3n) is 3.73. The van der Waals surface area contributed by atoms with Gasteiger partial charge in [0.15, 0.2) is 0 Å². The first-order chi connectivity index (χ1) is 10.2. The smallest absolute Gasteiger partial charge is 0.224 e. The van der Waals surface area contributed by atoms with E-state index in [-0.39, 0.29) is 17.9 Å². The maximum Gasteiger partial charge on any atom is 0.224 e. The van der Waals surface area contributed by atoms with Crippen LogP contribution in [0.5, 0.6) is 0 Å². The lowest BCUT2D eigenvalue weighted by Gasteiger charge is -2.32. The van der Waals surface area contributed by atoms with E-state index in [0.717, 1.165) is 18.4 Å². The Hall–Kier alpha value is -1.55. The summed E-state index contributed by atoms with van der Waals surface area (Å²) in [6.45, 7) is 1.40. The number of hydrogen-bond acceptors (Lipinski definition) is 2. The van der Waals surface area contributed by atoms with Gasteiger partial charge in [0.25, 0.3) is 0 Å². The summed E-state index contributed by atoms with van der Waals surface area (Å²) in [6.07, 6.45) is 2.43. The Bertz CT molecular complexity index is 470. The van der Waals surface area contributed by atoms with Crippen molar-refractivity contribution in [2.45, 2.75) is 31.7 Å². The molecule has 5 heteroatoms. The second-order valence-corrected chi connectivity index (χ2v) is 5.70. The summed E-state index contributed by atoms with van der Waals surface area (Å²) in [7, 11) is 0. The van der Waals surface area contributed by atoms with E-state index in [2.05, 4.69) is 5.32 Å². The Morgan fingerprint density at radius 2 is 1.86 bits per heavy atom. The van der Waals surface area contributed by atoms with E-state index in [0.29, 0.717) is 31.8 Å². The van der Waals surface area contributed by atoms with Crippen LogP contribution in [0.1, 0.15) is 24.8 Å². The van der Waals surface area contributed by atoms with Crippen LogP contribution in [-0.2, 0) is 16.0 Å². The quantitative estimate of drug-likeness (QED) is 0.846. The summed E-state index contributed by atoms with van der Waals surface area (Å²) < 4.78 is 0. The lowest BCUT2D eigenvalue weighted by atomic mass is 10.0. The van der Waals surface area contributed by atoms with Crippen LogP contribution in [0, 0.1) is 0 Å². The van der Waals surface area contributed by atoms with E-state index in [1.807, 2.05) is 35.2 Å². The Labute approximate surface area is 130 Å². The number of alkyl halides is 1. The van der Waals surface area contributed by atoms with Gasteiger partial charge in [0.1, 0.15) is 0 Å². The summed E-state index contributed by atoms with van der Waals surface area (Å²) in [4.78, 5) is 25.5. The largest absolute Gasteiger partial charge is 0.353 e. The van der Waals surface area contributed by atoms with Gasteiger partial charge in [0, 0.05) is 31.4 Å². The molecule has 1 aliphatic heterocycles. The Morgan fingerprint density at radius 1 is 1.19 bits per heavy atom. The summed E-state index contributed by atoms with van der Waals surface area (Å²) in [5.74, 6) is 0.526. The lowest BCUT2D eigenvalue weighted by Crippen LogP contribution is -2.46. The summed E-state index contributed by atoms with van der Waals surface area (Å²) in [5.41, 5.74) is 1.02. The van der Waals surface area contributed by atoms with E-state index in [9.17, 15) is 9.59 Å². The molecule has 0 aliphatic carbocycles. The predicted molar refractivity (Wildman–Crippen MR) is 83.2 cm³/mol. The van der Waals surface area contributed by atoms with Gasteiger partial charge in [-0.25, -0.2) is 0 Å². The maximum atomic E-state index is 12.0. The average molecular weight is 309 g/mol. The molecule has 1 N–H and O–H groups in total. The van der Waals surface area contributed by atoms with E-state index in [1.54, 1.807) is 0 Å². The molecule has 4 nitrogen and oxygen atoms in total. The van der Waals surface area contributed by atoms with Crippen LogP contribution in [0.4, 0.5) is 0 Å². The molecule has 1 aromatic carbocycles. The number of rotatable bonds is 5. The van der Waals surface area contributed by atoms with Crippen LogP contribution in [0.3, 0.4) is 0 Å². The first kappa shape index (κ1) is 15.8. The minimum atomic E-state index is 0.0479. The van der Waals surface area contributed by atoms with Crippen molar-refractivity contribution in [3.8, 4) is 0 Å². The van der Waals surface area contributed by atoms with Gasteiger partial charge in [-0.15, -0.1) is 11.6 Å². The van der Waals surface area contributed by atoms with Crippen LogP contribution >= 0.6 is 11.6 Å². The molecule has 0 bridgehead atoms. The number of carbonyl (C=O) groups is 2. The highest BCUT2D eigenvalue weighted by Gasteiger charge is 2.23. The van der Waals surface area contributed by atoms with Crippen molar-refractivity contribution in [1.82, 2.24) is 10.2 Å². The molecule has 0 radical (unpaired) electrons. The third-order valence-corrected chi connectivity index (χ3v) is 3.92. The highest BCUT2D eigenvalue weighted by Crippen LogP contribution is 2.12. The number of hydrogen-bond donors (Lipinski definition) is 1. The van der Waals surface area contributed by atoms with Crippen molar-refractivity contribution in [3.63, 3.8) is 0 Å². The van der Waals surface area contributed by atoms with E-state index < -0.39 is 0 Å². The monoisotopic (exact) mass is 308 g/mol. The molecule has 114 valence electrons. The van der Waals surface area contributed by atoms with Crippen molar-refractivity contribution in [2.75, 3.05) is 19.0 Å². The van der Waals surface area contributed by atoms with Gasteiger partial charge in [-0.05, 0) is 18.4 Å². The normalized spacial score (nSPS) is 15.8. The fourth-order valence-corrected chi connectivity index (χ4v) is 2.73. The minimum Gasteiger partial charge on any atom is -0.353 e. The zero-order valence-electron chi connectivity index (χ0n) is 12.1. The first-order valence-corrected chi connectivity index (χ1v) is 7.89. The standard InChI is InChI=1S/C16H21ClN2O2/c17-9-6-16(21)19-10-7-14(8-11-19)18-15(20)12-13-4-2-1-3-5-13/h1-5,14H,6-12H2,(H,18,20). The van der Waals surface area contributed by atoms with Crippen molar-refractivity contribution >= 4 is 23.4 Å². The number of nitrogens with zero attached hydrogens (tertiary/aromatic N) is 1. The topological polar surface area (TPSA) is 49.4 Å². The van der Waals surface area contributed by atoms with Crippen LogP contribution in [0.25, 0.3) is 0 Å². The zero-order valence-corrected chi connectivity index (χ0v) is 12.8. The molecule has 0 saturated carbocycles. The van der Waals surface area contributed by atoms with Crippen molar-refractivity contribution in [1.29, 1.82) is 0 Å². The van der Waals surface area contributed by atoms with Gasteiger partial charge in [-0.2, -0.15) is 0 Å². The van der Waals surface area contributed by atoms with Crippen molar-refractivity contribution in [2.24, 2.45) is 0 Å². The minimum absolute atomic E-state index is 0.0479. The molecular weight excluding hydrogens is 288 g/mol. The van der Waals surface area contributed by atoms with Gasteiger partial charge in [-0.3, -0.25) is 9.59 Å². The van der Waals surface area contributed by atoms with E-state index in [1.165, 1.54) is 0 Å². The number of amides is 2. The Morgan fingerprint density at radius 3 is 2.48 bits per heavy atom. The maximum absolute atomic E-state index is 12.0. The molecule has 1 heterocycles. The SMILES string of the molecule is O=C(Cc1ccccc1)NC1CCN(C(=O)CCCl)CC1. The molecule has 1 fully saturated rings. The highest BCUT2D eigenvalue weighted by molar-refractivity contribution is 6.18. The third kappa shape index (κ3) is 5.05. The van der Waals surface area contributed by atoms with Crippen molar-refractivity contribution in [3.05, 3.63) is 35.9 Å². The van der Waals surface area contributed by atoms with Gasteiger partial charge >= 0.3 is 0 Å². The van der Waals surface area contributed by atoms with Gasteiger partial charge < -0.3 is 10.2 Å². The molecule has 0 spiro atoms. The fraction of sp³-hybridized carbons (Fsp3) is 0.500. The second-order valence-electron chi connectivity index (χ2n) is 5.32. The predicted octanol–water partition coefficient (Wildman–Crippen LogP) is 1.97. The lowest BCUT2D eigenvalue weighted by molar-refractivity contribution is -0.132. The number of piperidine rings is 1. The van der Waals surface area contributed by atoms with Crippen LogP contribution in [0.2, 0.25) is 0 Å². The molecule has 0 aromatic heterocycles.